The fourth-order valence-corrected chi connectivity index (χ4v) is 3.71. The molecule has 0 aliphatic rings. The van der Waals surface area contributed by atoms with E-state index in [1.807, 2.05) is 0 Å². The van der Waals surface area contributed by atoms with Gasteiger partial charge in [-0.15, -0.1) is 0 Å². The molecular formula is C25H41N5O. The van der Waals surface area contributed by atoms with Gasteiger partial charge in [-0.25, -0.2) is 4.98 Å². The minimum absolute atomic E-state index is 0.257. The van der Waals surface area contributed by atoms with E-state index < -0.39 is 0 Å². The summed E-state index contributed by atoms with van der Waals surface area (Å²) in [5, 5.41) is 0. The van der Waals surface area contributed by atoms with Crippen LogP contribution in [0.15, 0.2) is 24.5 Å². The lowest BCUT2D eigenvalue weighted by atomic mass is 10.0. The van der Waals surface area contributed by atoms with Gasteiger partial charge in [-0.2, -0.15) is 9.97 Å². The van der Waals surface area contributed by atoms with Crippen molar-refractivity contribution in [3.63, 3.8) is 0 Å². The molecule has 1 aromatic heterocycles. The first-order valence-electron chi connectivity index (χ1n) is 12.2. The van der Waals surface area contributed by atoms with E-state index in [1.165, 1.54) is 89.8 Å². The number of rotatable bonds is 17. The first kappa shape index (κ1) is 24.9. The molecule has 31 heavy (non-hydrogen) atoms. The second kappa shape index (κ2) is 15.4. The summed E-state index contributed by atoms with van der Waals surface area (Å²) in [6, 6.07) is 5.53. The van der Waals surface area contributed by atoms with E-state index >= 15 is 0 Å². The van der Waals surface area contributed by atoms with E-state index in [0.29, 0.717) is 17.1 Å². The topological polar surface area (TPSA) is 99.9 Å². The molecule has 1 heterocycles. The largest absolute Gasteiger partial charge is 0.422 e. The monoisotopic (exact) mass is 427 g/mol. The van der Waals surface area contributed by atoms with Crippen molar-refractivity contribution >= 4 is 11.4 Å². The minimum Gasteiger partial charge on any atom is -0.422 e. The summed E-state index contributed by atoms with van der Waals surface area (Å²) in [6.07, 6.45) is 21.2. The summed E-state index contributed by atoms with van der Waals surface area (Å²) < 4.78 is 5.69. The number of ether oxygens (including phenoxy) is 1. The van der Waals surface area contributed by atoms with Gasteiger partial charge >= 0.3 is 6.01 Å². The second-order valence-electron chi connectivity index (χ2n) is 8.39. The Hall–Kier alpha value is -2.37. The van der Waals surface area contributed by atoms with Gasteiger partial charge in [-0.3, -0.25) is 0 Å². The van der Waals surface area contributed by atoms with Crippen molar-refractivity contribution in [1.29, 1.82) is 0 Å². The van der Waals surface area contributed by atoms with Gasteiger partial charge in [-0.05, 0) is 18.6 Å². The van der Waals surface area contributed by atoms with Gasteiger partial charge in [0.05, 0.1) is 11.4 Å². The summed E-state index contributed by atoms with van der Waals surface area (Å²) >= 11 is 0. The van der Waals surface area contributed by atoms with Crippen LogP contribution in [0.5, 0.6) is 11.8 Å². The molecular weight excluding hydrogens is 386 g/mol. The Morgan fingerprint density at radius 2 is 1.32 bits per heavy atom. The number of unbranched alkanes of at least 4 members (excludes halogenated alkanes) is 13. The van der Waals surface area contributed by atoms with Crippen molar-refractivity contribution in [2.45, 2.75) is 103 Å². The number of anilines is 2. The first-order chi connectivity index (χ1) is 15.2. The zero-order valence-corrected chi connectivity index (χ0v) is 19.3. The Bertz CT molecular complexity index is 738. The van der Waals surface area contributed by atoms with Gasteiger partial charge in [0.15, 0.2) is 5.75 Å². The van der Waals surface area contributed by atoms with E-state index in [1.54, 1.807) is 18.2 Å². The Labute approximate surface area is 188 Å². The molecule has 4 N–H and O–H groups in total. The van der Waals surface area contributed by atoms with Crippen molar-refractivity contribution in [3.8, 4) is 11.8 Å². The predicted molar refractivity (Wildman–Crippen MR) is 129 cm³/mol. The molecule has 0 bridgehead atoms. The number of nitrogen functional groups attached to an aromatic ring is 2. The van der Waals surface area contributed by atoms with Gasteiger partial charge < -0.3 is 16.2 Å². The van der Waals surface area contributed by atoms with Gasteiger partial charge in [0, 0.05) is 6.42 Å². The van der Waals surface area contributed by atoms with Crippen LogP contribution in [0.3, 0.4) is 0 Å². The Morgan fingerprint density at radius 1 is 0.742 bits per heavy atom. The van der Waals surface area contributed by atoms with Crippen molar-refractivity contribution < 1.29 is 4.74 Å². The molecule has 0 spiro atoms. The second-order valence-corrected chi connectivity index (χ2v) is 8.39. The molecule has 0 aliphatic heterocycles. The summed E-state index contributed by atoms with van der Waals surface area (Å²) in [7, 11) is 0. The smallest absolute Gasteiger partial charge is 0.325 e. The number of nitrogens with zero attached hydrogens (tertiary/aromatic N) is 3. The van der Waals surface area contributed by atoms with Gasteiger partial charge in [0.25, 0.3) is 0 Å². The molecule has 0 atom stereocenters. The lowest BCUT2D eigenvalue weighted by Crippen LogP contribution is -2.02. The molecule has 2 aromatic rings. The van der Waals surface area contributed by atoms with Gasteiger partial charge in [-0.1, -0.05) is 96.5 Å². The third kappa shape index (κ3) is 10.5. The lowest BCUT2D eigenvalue weighted by Gasteiger charge is -2.08. The Kier molecular flexibility index (Phi) is 12.4. The van der Waals surface area contributed by atoms with Crippen molar-refractivity contribution in [2.24, 2.45) is 0 Å². The van der Waals surface area contributed by atoms with Crippen LogP contribution in [0.1, 0.15) is 103 Å². The molecule has 6 heteroatoms. The van der Waals surface area contributed by atoms with Crippen molar-refractivity contribution in [1.82, 2.24) is 15.0 Å². The first-order valence-corrected chi connectivity index (χ1v) is 12.2. The van der Waals surface area contributed by atoms with E-state index in [2.05, 4.69) is 21.9 Å². The SMILES string of the molecule is CCCCCCCCCCCCCCCCc1ncnc(Oc2cccc(N)c2N)n1. The number of hydrogen-bond acceptors (Lipinski definition) is 6. The van der Waals surface area contributed by atoms with Crippen molar-refractivity contribution in [2.75, 3.05) is 11.5 Å². The highest BCUT2D eigenvalue weighted by molar-refractivity contribution is 5.70. The number of aromatic nitrogens is 3. The molecule has 0 unspecified atom stereocenters. The van der Waals surface area contributed by atoms with Crippen LogP contribution in [0.2, 0.25) is 0 Å². The highest BCUT2D eigenvalue weighted by atomic mass is 16.5. The van der Waals surface area contributed by atoms with E-state index in [4.69, 9.17) is 16.2 Å². The molecule has 0 saturated heterocycles. The van der Waals surface area contributed by atoms with Crippen molar-refractivity contribution in [3.05, 3.63) is 30.4 Å². The normalized spacial score (nSPS) is 11.0. The maximum absolute atomic E-state index is 5.94. The fourth-order valence-electron chi connectivity index (χ4n) is 3.71. The maximum Gasteiger partial charge on any atom is 0.325 e. The molecule has 6 nitrogen and oxygen atoms in total. The zero-order valence-electron chi connectivity index (χ0n) is 19.3. The minimum atomic E-state index is 0.257. The summed E-state index contributed by atoms with van der Waals surface area (Å²) in [5.41, 5.74) is 12.6. The quantitative estimate of drug-likeness (QED) is 0.211. The van der Waals surface area contributed by atoms with Crippen LogP contribution in [0.25, 0.3) is 0 Å². The third-order valence-corrected chi connectivity index (χ3v) is 5.65. The van der Waals surface area contributed by atoms with Crippen LogP contribution in [0.4, 0.5) is 11.4 Å². The van der Waals surface area contributed by atoms with Crippen LogP contribution in [-0.4, -0.2) is 15.0 Å². The van der Waals surface area contributed by atoms with E-state index in [-0.39, 0.29) is 6.01 Å². The molecule has 2 rings (SSSR count). The van der Waals surface area contributed by atoms with Gasteiger partial charge in [0.1, 0.15) is 12.2 Å². The standard InChI is InChI=1S/C25H41N5O/c1-2-3-4-5-6-7-8-9-10-11-12-13-14-15-19-23-28-20-29-25(30-23)31-22-18-16-17-21(26)24(22)27/h16-18,20H,2-15,19,26-27H2,1H3. The number of hydrogen-bond donors (Lipinski definition) is 2. The lowest BCUT2D eigenvalue weighted by molar-refractivity contribution is 0.437. The average molecular weight is 428 g/mol. The van der Waals surface area contributed by atoms with Crippen LogP contribution < -0.4 is 16.2 Å². The number of para-hydroxylation sites is 1. The van der Waals surface area contributed by atoms with Crippen LogP contribution >= 0.6 is 0 Å². The van der Waals surface area contributed by atoms with Crippen LogP contribution in [0, 0.1) is 0 Å². The molecule has 1 aromatic carbocycles. The Morgan fingerprint density at radius 3 is 1.94 bits per heavy atom. The molecule has 0 amide bonds. The summed E-state index contributed by atoms with van der Waals surface area (Å²) in [4.78, 5) is 12.7. The van der Waals surface area contributed by atoms with Crippen LogP contribution in [-0.2, 0) is 6.42 Å². The highest BCUT2D eigenvalue weighted by Crippen LogP contribution is 2.29. The number of nitrogens with two attached hydrogens (primary N) is 2. The van der Waals surface area contributed by atoms with E-state index in [0.717, 1.165) is 18.7 Å². The summed E-state index contributed by atoms with van der Waals surface area (Å²) in [5.74, 6) is 1.22. The Balaban J connectivity index is 1.51. The molecule has 172 valence electrons. The maximum atomic E-state index is 5.94. The third-order valence-electron chi connectivity index (χ3n) is 5.65. The molecule has 0 radical (unpaired) electrons. The highest BCUT2D eigenvalue weighted by Gasteiger charge is 2.08. The number of aryl methyl sites for hydroxylation is 1. The van der Waals surface area contributed by atoms with E-state index in [9.17, 15) is 0 Å². The zero-order chi connectivity index (χ0) is 22.2. The summed E-state index contributed by atoms with van der Waals surface area (Å²) in [6.45, 7) is 2.28. The average Bonchev–Trinajstić information content (AvgIpc) is 2.77. The molecule has 0 saturated carbocycles. The van der Waals surface area contributed by atoms with Gasteiger partial charge in [0.2, 0.25) is 0 Å². The number of benzene rings is 1. The molecule has 0 aliphatic carbocycles. The molecule has 0 fully saturated rings. The predicted octanol–water partition coefficient (Wildman–Crippen LogP) is 6.85. The fraction of sp³-hybridized carbons (Fsp3) is 0.640.